The lowest BCUT2D eigenvalue weighted by atomic mass is 10.2. The first-order valence-corrected chi connectivity index (χ1v) is 5.90. The highest BCUT2D eigenvalue weighted by molar-refractivity contribution is 5.92. The number of aryl methyl sites for hydroxylation is 1. The normalized spacial score (nSPS) is 12.0. The van der Waals surface area contributed by atoms with Gasteiger partial charge in [-0.15, -0.1) is 0 Å². The largest absolute Gasteiger partial charge is 0.452 e. The van der Waals surface area contributed by atoms with Gasteiger partial charge in [-0.25, -0.2) is 4.79 Å². The van der Waals surface area contributed by atoms with Crippen LogP contribution in [0.5, 0.6) is 0 Å². The lowest BCUT2D eigenvalue weighted by Crippen LogP contribution is -2.35. The second kappa shape index (κ2) is 6.18. The van der Waals surface area contributed by atoms with Gasteiger partial charge in [0.1, 0.15) is 5.56 Å². The molecule has 0 spiro atoms. The topological polar surface area (TPSA) is 73.2 Å². The third kappa shape index (κ3) is 3.58. The number of hydrogen-bond acceptors (Lipinski definition) is 4. The van der Waals surface area contributed by atoms with E-state index in [1.54, 1.807) is 18.7 Å². The van der Waals surface area contributed by atoms with E-state index in [9.17, 15) is 9.59 Å². The maximum atomic E-state index is 11.7. The Morgan fingerprint density at radius 1 is 1.56 bits per heavy atom. The Bertz CT molecular complexity index is 440. The van der Waals surface area contributed by atoms with Crippen molar-refractivity contribution in [3.8, 4) is 0 Å². The zero-order chi connectivity index (χ0) is 13.7. The Balaban J connectivity index is 2.47. The number of carbonyl (C=O) groups excluding carboxylic acids is 2. The van der Waals surface area contributed by atoms with Crippen LogP contribution in [0.3, 0.4) is 0 Å². The minimum Gasteiger partial charge on any atom is -0.452 e. The fourth-order valence-corrected chi connectivity index (χ4v) is 1.33. The molecule has 1 N–H and O–H groups in total. The summed E-state index contributed by atoms with van der Waals surface area (Å²) < 4.78 is 6.50. The summed E-state index contributed by atoms with van der Waals surface area (Å²) in [5.41, 5.74) is 1.09. The van der Waals surface area contributed by atoms with Crippen LogP contribution < -0.4 is 5.32 Å². The van der Waals surface area contributed by atoms with E-state index in [4.69, 9.17) is 4.74 Å². The Kier molecular flexibility index (Phi) is 4.88. The Morgan fingerprint density at radius 3 is 2.72 bits per heavy atom. The third-order valence-corrected chi connectivity index (χ3v) is 2.81. The van der Waals surface area contributed by atoms with Crippen molar-refractivity contribution in [3.63, 3.8) is 0 Å². The van der Waals surface area contributed by atoms with Crippen LogP contribution >= 0.6 is 0 Å². The average Bonchev–Trinajstić information content (AvgIpc) is 2.67. The van der Waals surface area contributed by atoms with Crippen LogP contribution in [0, 0.1) is 6.92 Å². The van der Waals surface area contributed by atoms with Gasteiger partial charge in [-0.05, 0) is 20.3 Å². The molecular weight excluding hydrogens is 234 g/mol. The Morgan fingerprint density at radius 2 is 2.22 bits per heavy atom. The monoisotopic (exact) mass is 253 g/mol. The summed E-state index contributed by atoms with van der Waals surface area (Å²) in [6.45, 7) is 5.36. The second-order valence-electron chi connectivity index (χ2n) is 4.22. The Labute approximate surface area is 106 Å². The SMILES string of the molecule is CCC(C)NC(=O)COC(=O)c1cnn(C)c1C. The summed E-state index contributed by atoms with van der Waals surface area (Å²) >= 11 is 0. The van der Waals surface area contributed by atoms with E-state index in [0.717, 1.165) is 6.42 Å². The number of carbonyl (C=O) groups is 2. The number of amides is 1. The third-order valence-electron chi connectivity index (χ3n) is 2.81. The minimum atomic E-state index is -0.528. The first kappa shape index (κ1) is 14.2. The molecule has 0 saturated carbocycles. The number of esters is 1. The molecule has 1 unspecified atom stereocenters. The maximum absolute atomic E-state index is 11.7. The number of rotatable bonds is 5. The van der Waals surface area contributed by atoms with Gasteiger partial charge in [-0.1, -0.05) is 6.92 Å². The van der Waals surface area contributed by atoms with Crippen molar-refractivity contribution in [2.45, 2.75) is 33.2 Å². The second-order valence-corrected chi connectivity index (χ2v) is 4.22. The number of nitrogens with one attached hydrogen (secondary N) is 1. The maximum Gasteiger partial charge on any atom is 0.342 e. The average molecular weight is 253 g/mol. The van der Waals surface area contributed by atoms with Gasteiger partial charge in [-0.2, -0.15) is 5.10 Å². The molecule has 1 atom stereocenters. The zero-order valence-corrected chi connectivity index (χ0v) is 11.2. The molecule has 1 aromatic heterocycles. The highest BCUT2D eigenvalue weighted by atomic mass is 16.5. The molecule has 1 rings (SSSR count). The van der Waals surface area contributed by atoms with Crippen molar-refractivity contribution in [1.82, 2.24) is 15.1 Å². The standard InChI is InChI=1S/C12H19N3O3/c1-5-8(2)14-11(16)7-18-12(17)10-6-13-15(4)9(10)3/h6,8H,5,7H2,1-4H3,(H,14,16). The van der Waals surface area contributed by atoms with E-state index in [1.165, 1.54) is 6.20 Å². The molecule has 0 bridgehead atoms. The number of nitrogens with zero attached hydrogens (tertiary/aromatic N) is 2. The molecule has 0 aliphatic carbocycles. The number of ether oxygens (including phenoxy) is 1. The van der Waals surface area contributed by atoms with Gasteiger partial charge in [0.2, 0.25) is 0 Å². The van der Waals surface area contributed by atoms with Crippen LogP contribution in [0.15, 0.2) is 6.20 Å². The summed E-state index contributed by atoms with van der Waals surface area (Å²) in [6, 6.07) is 0.0799. The highest BCUT2D eigenvalue weighted by Gasteiger charge is 2.16. The number of hydrogen-bond donors (Lipinski definition) is 1. The number of aromatic nitrogens is 2. The zero-order valence-electron chi connectivity index (χ0n) is 11.2. The predicted molar refractivity (Wildman–Crippen MR) is 66.1 cm³/mol. The summed E-state index contributed by atoms with van der Waals surface area (Å²) in [4.78, 5) is 23.1. The van der Waals surface area contributed by atoms with Crippen molar-refractivity contribution in [1.29, 1.82) is 0 Å². The molecule has 100 valence electrons. The van der Waals surface area contributed by atoms with E-state index in [0.29, 0.717) is 11.3 Å². The first-order chi connectivity index (χ1) is 8.45. The van der Waals surface area contributed by atoms with Crippen LogP contribution in [0.2, 0.25) is 0 Å². The molecule has 18 heavy (non-hydrogen) atoms. The van der Waals surface area contributed by atoms with E-state index in [2.05, 4.69) is 10.4 Å². The molecule has 0 fully saturated rings. The van der Waals surface area contributed by atoms with E-state index >= 15 is 0 Å². The summed E-state index contributed by atoms with van der Waals surface area (Å²) in [6.07, 6.45) is 2.27. The minimum absolute atomic E-state index is 0.0799. The van der Waals surface area contributed by atoms with Gasteiger partial charge in [0.05, 0.1) is 6.20 Å². The van der Waals surface area contributed by atoms with Gasteiger partial charge in [0, 0.05) is 18.8 Å². The molecule has 6 nitrogen and oxygen atoms in total. The fourth-order valence-electron chi connectivity index (χ4n) is 1.33. The molecule has 1 aromatic rings. The first-order valence-electron chi connectivity index (χ1n) is 5.90. The van der Waals surface area contributed by atoms with Crippen molar-refractivity contribution >= 4 is 11.9 Å². The van der Waals surface area contributed by atoms with Crippen LogP contribution in [-0.4, -0.2) is 34.3 Å². The van der Waals surface area contributed by atoms with Crippen LogP contribution in [0.1, 0.15) is 36.3 Å². The molecule has 6 heteroatoms. The molecule has 0 radical (unpaired) electrons. The van der Waals surface area contributed by atoms with Gasteiger partial charge < -0.3 is 10.1 Å². The molecule has 1 heterocycles. The van der Waals surface area contributed by atoms with Crippen molar-refractivity contribution < 1.29 is 14.3 Å². The van der Waals surface area contributed by atoms with Crippen LogP contribution in [0.4, 0.5) is 0 Å². The van der Waals surface area contributed by atoms with Crippen molar-refractivity contribution in [3.05, 3.63) is 17.5 Å². The molecule has 1 amide bonds. The summed E-state index contributed by atoms with van der Waals surface area (Å²) in [7, 11) is 1.74. The molecule has 0 aliphatic heterocycles. The molecule has 0 aliphatic rings. The lowest BCUT2D eigenvalue weighted by Gasteiger charge is -2.11. The Hall–Kier alpha value is -1.85. The smallest absolute Gasteiger partial charge is 0.342 e. The van der Waals surface area contributed by atoms with Crippen LogP contribution in [-0.2, 0) is 16.6 Å². The summed E-state index contributed by atoms with van der Waals surface area (Å²) in [5.74, 6) is -0.820. The molecule has 0 aromatic carbocycles. The van der Waals surface area contributed by atoms with E-state index in [1.807, 2.05) is 13.8 Å². The van der Waals surface area contributed by atoms with Crippen molar-refractivity contribution in [2.75, 3.05) is 6.61 Å². The van der Waals surface area contributed by atoms with E-state index in [-0.39, 0.29) is 18.6 Å². The lowest BCUT2D eigenvalue weighted by molar-refractivity contribution is -0.124. The predicted octanol–water partition coefficient (Wildman–Crippen LogP) is 0.800. The van der Waals surface area contributed by atoms with Gasteiger partial charge in [0.15, 0.2) is 6.61 Å². The highest BCUT2D eigenvalue weighted by Crippen LogP contribution is 2.07. The molecule has 0 saturated heterocycles. The van der Waals surface area contributed by atoms with Crippen LogP contribution in [0.25, 0.3) is 0 Å². The van der Waals surface area contributed by atoms with Gasteiger partial charge in [0.25, 0.3) is 5.91 Å². The molecular formula is C12H19N3O3. The quantitative estimate of drug-likeness (QED) is 0.788. The van der Waals surface area contributed by atoms with Gasteiger partial charge in [-0.3, -0.25) is 9.48 Å². The van der Waals surface area contributed by atoms with Crippen molar-refractivity contribution in [2.24, 2.45) is 7.05 Å². The fraction of sp³-hybridized carbons (Fsp3) is 0.583. The van der Waals surface area contributed by atoms with E-state index < -0.39 is 5.97 Å². The summed E-state index contributed by atoms with van der Waals surface area (Å²) in [5, 5.41) is 6.66. The van der Waals surface area contributed by atoms with Gasteiger partial charge >= 0.3 is 5.97 Å².